The lowest BCUT2D eigenvalue weighted by molar-refractivity contribution is -0.140. The van der Waals surface area contributed by atoms with E-state index in [1.165, 1.54) is 6.92 Å². The van der Waals surface area contributed by atoms with E-state index in [4.69, 9.17) is 5.73 Å². The van der Waals surface area contributed by atoms with Crippen molar-refractivity contribution in [2.45, 2.75) is 6.92 Å². The molecule has 0 aliphatic heterocycles. The zero-order chi connectivity index (χ0) is 4.99. The van der Waals surface area contributed by atoms with Gasteiger partial charge in [0, 0.05) is 6.92 Å². The average Bonchev–Trinajstić information content (AvgIpc) is 1.35. The number of hydrogen-bond acceptors (Lipinski definition) is 3. The van der Waals surface area contributed by atoms with E-state index in [2.05, 4.69) is 4.74 Å². The van der Waals surface area contributed by atoms with Crippen molar-refractivity contribution < 1.29 is 9.53 Å². The first-order valence-electron chi connectivity index (χ1n) is 1.61. The zero-order valence-electron chi connectivity index (χ0n) is 4.42. The van der Waals surface area contributed by atoms with E-state index < -0.39 is 0 Å². The molecule has 0 aromatic rings. The molecular formula is C3H9Cl2NO2. The lowest BCUT2D eigenvalue weighted by atomic mass is 10.8. The summed E-state index contributed by atoms with van der Waals surface area (Å²) in [6.45, 7) is 1.29. The first-order chi connectivity index (χ1) is 2.77. The van der Waals surface area contributed by atoms with Crippen LogP contribution >= 0.6 is 24.8 Å². The van der Waals surface area contributed by atoms with E-state index in [1.807, 2.05) is 0 Å². The van der Waals surface area contributed by atoms with E-state index in [9.17, 15) is 4.79 Å². The molecule has 0 atom stereocenters. The summed E-state index contributed by atoms with van der Waals surface area (Å²) in [5, 5.41) is 0. The quantitative estimate of drug-likeness (QED) is 0.445. The maximum Gasteiger partial charge on any atom is 0.303 e. The summed E-state index contributed by atoms with van der Waals surface area (Å²) in [4.78, 5) is 9.74. The molecule has 0 radical (unpaired) electrons. The minimum absolute atomic E-state index is 0. The van der Waals surface area contributed by atoms with E-state index in [0.717, 1.165) is 0 Å². The fourth-order valence-electron chi connectivity index (χ4n) is 0.117. The largest absolute Gasteiger partial charge is 0.450 e. The Balaban J connectivity index is -0.000000125. The molecule has 0 unspecified atom stereocenters. The lowest BCUT2D eigenvalue weighted by Gasteiger charge is -1.89. The molecule has 0 aromatic heterocycles. The topological polar surface area (TPSA) is 52.3 Å². The molecule has 0 bridgehead atoms. The molecule has 0 saturated carbocycles. The molecule has 8 heavy (non-hydrogen) atoms. The maximum atomic E-state index is 9.74. The van der Waals surface area contributed by atoms with E-state index >= 15 is 0 Å². The second-order valence-electron chi connectivity index (χ2n) is 0.803. The molecule has 0 spiro atoms. The minimum Gasteiger partial charge on any atom is -0.450 e. The molecule has 5 heteroatoms. The molecule has 0 aromatic carbocycles. The highest BCUT2D eigenvalue weighted by atomic mass is 35.5. The maximum absolute atomic E-state index is 9.74. The Morgan fingerprint density at radius 1 is 1.62 bits per heavy atom. The molecule has 0 fully saturated rings. The van der Waals surface area contributed by atoms with Gasteiger partial charge in [-0.1, -0.05) is 0 Å². The van der Waals surface area contributed by atoms with Crippen molar-refractivity contribution in [3.63, 3.8) is 0 Å². The van der Waals surface area contributed by atoms with Crippen LogP contribution in [0.1, 0.15) is 6.92 Å². The molecule has 3 nitrogen and oxygen atoms in total. The molecule has 52 valence electrons. The summed E-state index contributed by atoms with van der Waals surface area (Å²) in [6.07, 6.45) is 0. The summed E-state index contributed by atoms with van der Waals surface area (Å²) in [5.41, 5.74) is 4.79. The van der Waals surface area contributed by atoms with Crippen LogP contribution in [0, 0.1) is 0 Å². The SMILES string of the molecule is CC(=O)OCN.Cl.Cl. The molecule has 0 aliphatic rings. The van der Waals surface area contributed by atoms with Gasteiger partial charge < -0.3 is 4.74 Å². The number of carbonyl (C=O) groups excluding carboxylic acids is 1. The average molecular weight is 162 g/mol. The summed E-state index contributed by atoms with van der Waals surface area (Å²) < 4.78 is 4.18. The fraction of sp³-hybridized carbons (Fsp3) is 0.667. The number of esters is 1. The van der Waals surface area contributed by atoms with Crippen LogP contribution in [0.25, 0.3) is 0 Å². The van der Waals surface area contributed by atoms with E-state index in [1.54, 1.807) is 0 Å². The lowest BCUT2D eigenvalue weighted by Crippen LogP contribution is -2.07. The van der Waals surface area contributed by atoms with Crippen molar-refractivity contribution in [3.05, 3.63) is 0 Å². The Bertz CT molecular complexity index is 59.2. The van der Waals surface area contributed by atoms with Crippen LogP contribution in [0.15, 0.2) is 0 Å². The Hall–Kier alpha value is 0.01000. The molecule has 0 rings (SSSR count). The van der Waals surface area contributed by atoms with Gasteiger partial charge >= 0.3 is 5.97 Å². The smallest absolute Gasteiger partial charge is 0.303 e. The van der Waals surface area contributed by atoms with Gasteiger partial charge in [0.05, 0.1) is 0 Å². The normalized spacial score (nSPS) is 5.75. The van der Waals surface area contributed by atoms with Crippen molar-refractivity contribution >= 4 is 30.8 Å². The number of rotatable bonds is 1. The highest BCUT2D eigenvalue weighted by Crippen LogP contribution is 1.64. The fourth-order valence-corrected chi connectivity index (χ4v) is 0.117. The van der Waals surface area contributed by atoms with Crippen LogP contribution in [0.2, 0.25) is 0 Å². The van der Waals surface area contributed by atoms with Gasteiger partial charge in [0.25, 0.3) is 0 Å². The summed E-state index contributed by atoms with van der Waals surface area (Å²) in [7, 11) is 0. The van der Waals surface area contributed by atoms with Crippen LogP contribution in [-0.2, 0) is 9.53 Å². The van der Waals surface area contributed by atoms with Crippen molar-refractivity contribution in [2.75, 3.05) is 6.73 Å². The number of hydrogen-bond donors (Lipinski definition) is 1. The predicted molar refractivity (Wildman–Crippen MR) is 35.3 cm³/mol. The van der Waals surface area contributed by atoms with Gasteiger partial charge in [-0.05, 0) is 0 Å². The Morgan fingerprint density at radius 2 is 2.00 bits per heavy atom. The summed E-state index contributed by atoms with van der Waals surface area (Å²) in [5.74, 6) is -0.336. The van der Waals surface area contributed by atoms with E-state index in [-0.39, 0.29) is 37.5 Å². The molecule has 0 amide bonds. The van der Waals surface area contributed by atoms with Gasteiger partial charge in [0.2, 0.25) is 0 Å². The van der Waals surface area contributed by atoms with Gasteiger partial charge in [0.1, 0.15) is 6.73 Å². The van der Waals surface area contributed by atoms with Gasteiger partial charge in [-0.3, -0.25) is 10.5 Å². The minimum atomic E-state index is -0.336. The molecule has 0 saturated heterocycles. The molecule has 0 heterocycles. The highest BCUT2D eigenvalue weighted by molar-refractivity contribution is 5.85. The summed E-state index contributed by atoms with van der Waals surface area (Å²) in [6, 6.07) is 0. The third-order valence-electron chi connectivity index (χ3n) is 0.287. The van der Waals surface area contributed by atoms with Crippen LogP contribution in [-0.4, -0.2) is 12.7 Å². The number of nitrogens with two attached hydrogens (primary N) is 1. The number of carbonyl (C=O) groups is 1. The predicted octanol–water partition coefficient (Wildman–Crippen LogP) is 0.309. The van der Waals surface area contributed by atoms with Gasteiger partial charge in [-0.25, -0.2) is 0 Å². The monoisotopic (exact) mass is 161 g/mol. The first-order valence-corrected chi connectivity index (χ1v) is 1.61. The first kappa shape index (κ1) is 15.7. The molecule has 2 N–H and O–H groups in total. The zero-order valence-corrected chi connectivity index (χ0v) is 6.05. The van der Waals surface area contributed by atoms with Crippen LogP contribution in [0.5, 0.6) is 0 Å². The van der Waals surface area contributed by atoms with Crippen LogP contribution < -0.4 is 5.73 Å². The second-order valence-corrected chi connectivity index (χ2v) is 0.803. The molecule has 0 aliphatic carbocycles. The third-order valence-corrected chi connectivity index (χ3v) is 0.287. The Kier molecular flexibility index (Phi) is 19.8. The van der Waals surface area contributed by atoms with Gasteiger partial charge in [-0.2, -0.15) is 0 Å². The highest BCUT2D eigenvalue weighted by Gasteiger charge is 1.81. The Morgan fingerprint density at radius 3 is 2.00 bits per heavy atom. The number of halogens is 2. The standard InChI is InChI=1S/C3H7NO2.2ClH/c1-3(5)6-2-4;;/h2,4H2,1H3;2*1H. The van der Waals surface area contributed by atoms with Crippen molar-refractivity contribution in [2.24, 2.45) is 5.73 Å². The van der Waals surface area contributed by atoms with Crippen molar-refractivity contribution in [3.8, 4) is 0 Å². The molecular weight excluding hydrogens is 153 g/mol. The van der Waals surface area contributed by atoms with Crippen LogP contribution in [0.4, 0.5) is 0 Å². The summed E-state index contributed by atoms with van der Waals surface area (Å²) >= 11 is 0. The van der Waals surface area contributed by atoms with Crippen LogP contribution in [0.3, 0.4) is 0 Å². The van der Waals surface area contributed by atoms with Crippen molar-refractivity contribution in [1.29, 1.82) is 0 Å². The second kappa shape index (κ2) is 10.1. The van der Waals surface area contributed by atoms with Gasteiger partial charge in [-0.15, -0.1) is 24.8 Å². The van der Waals surface area contributed by atoms with E-state index in [0.29, 0.717) is 0 Å². The third kappa shape index (κ3) is 16.7. The number of ether oxygens (including phenoxy) is 1. The van der Waals surface area contributed by atoms with Crippen molar-refractivity contribution in [1.82, 2.24) is 0 Å². The Labute approximate surface area is 60.4 Å². The van der Waals surface area contributed by atoms with Gasteiger partial charge in [0.15, 0.2) is 0 Å².